The number of hydrogen-bond donors (Lipinski definition) is 0. The van der Waals surface area contributed by atoms with Crippen LogP contribution in [0.25, 0.3) is 10.8 Å². The molecule has 0 radical (unpaired) electrons. The minimum absolute atomic E-state index is 0.104. The molecular formula is C23H19FN4O3S. The number of ketones is 1. The Balaban J connectivity index is 1.41. The van der Waals surface area contributed by atoms with Crippen molar-refractivity contribution in [1.29, 1.82) is 0 Å². The number of carbonyl (C=O) groups excluding carboxylic acids is 2. The van der Waals surface area contributed by atoms with Crippen molar-refractivity contribution in [3.63, 3.8) is 0 Å². The van der Waals surface area contributed by atoms with Gasteiger partial charge in [0.1, 0.15) is 5.82 Å². The third-order valence-electron chi connectivity index (χ3n) is 4.93. The molecule has 0 amide bonds. The molecular weight excluding hydrogens is 431 g/mol. The second-order valence-corrected chi connectivity index (χ2v) is 7.97. The van der Waals surface area contributed by atoms with E-state index in [1.54, 1.807) is 42.0 Å². The van der Waals surface area contributed by atoms with Gasteiger partial charge in [-0.1, -0.05) is 12.1 Å². The Kier molecular flexibility index (Phi) is 6.18. The summed E-state index contributed by atoms with van der Waals surface area (Å²) in [7, 11) is 0. The zero-order chi connectivity index (χ0) is 22.7. The fourth-order valence-electron chi connectivity index (χ4n) is 3.26. The molecule has 4 aromatic rings. The average molecular weight is 450 g/mol. The van der Waals surface area contributed by atoms with Gasteiger partial charge < -0.3 is 9.30 Å². The van der Waals surface area contributed by atoms with Crippen LogP contribution < -0.4 is 0 Å². The summed E-state index contributed by atoms with van der Waals surface area (Å²) in [4.78, 5) is 37.5. The van der Waals surface area contributed by atoms with E-state index in [9.17, 15) is 14.0 Å². The van der Waals surface area contributed by atoms with Gasteiger partial charge in [0.05, 0.1) is 0 Å². The van der Waals surface area contributed by atoms with Gasteiger partial charge >= 0.3 is 5.97 Å². The number of aromatic nitrogens is 4. The number of rotatable bonds is 7. The maximum atomic E-state index is 13.2. The smallest absolute Gasteiger partial charge is 0.358 e. The number of esters is 1. The normalized spacial score (nSPS) is 10.8. The van der Waals surface area contributed by atoms with Gasteiger partial charge in [-0.3, -0.25) is 4.79 Å². The summed E-state index contributed by atoms with van der Waals surface area (Å²) >= 11 is 1.22. The van der Waals surface area contributed by atoms with Gasteiger partial charge in [0.15, 0.2) is 23.1 Å². The lowest BCUT2D eigenvalue weighted by Gasteiger charge is -2.10. The first-order valence-corrected chi connectivity index (χ1v) is 10.6. The number of halogens is 1. The summed E-state index contributed by atoms with van der Waals surface area (Å²) in [6, 6.07) is 9.68. The average Bonchev–Trinajstić information content (AvgIpc) is 3.40. The molecule has 0 spiro atoms. The molecule has 0 saturated heterocycles. The van der Waals surface area contributed by atoms with E-state index in [1.165, 1.54) is 23.5 Å². The third kappa shape index (κ3) is 4.62. The quantitative estimate of drug-likeness (QED) is 0.309. The predicted octanol–water partition coefficient (Wildman–Crippen LogP) is 4.25. The maximum absolute atomic E-state index is 13.2. The van der Waals surface area contributed by atoms with Gasteiger partial charge in [0.25, 0.3) is 0 Å². The molecule has 0 aliphatic carbocycles. The van der Waals surface area contributed by atoms with Gasteiger partial charge in [-0.25, -0.2) is 24.1 Å². The first-order chi connectivity index (χ1) is 15.4. The zero-order valence-electron chi connectivity index (χ0n) is 17.4. The Hall–Kier alpha value is -3.72. The molecule has 162 valence electrons. The van der Waals surface area contributed by atoms with E-state index >= 15 is 0 Å². The third-order valence-corrected chi connectivity index (χ3v) is 5.77. The van der Waals surface area contributed by atoms with Crippen LogP contribution in [0.1, 0.15) is 37.8 Å². The fraction of sp³-hybridized carbons (Fsp3) is 0.174. The summed E-state index contributed by atoms with van der Waals surface area (Å²) in [5.74, 6) is -0.868. The molecule has 0 fully saturated rings. The van der Waals surface area contributed by atoms with Gasteiger partial charge in [-0.05, 0) is 43.7 Å². The minimum Gasteiger partial charge on any atom is -0.453 e. The van der Waals surface area contributed by atoms with Crippen LogP contribution in [-0.2, 0) is 11.3 Å². The topological polar surface area (TPSA) is 87.0 Å². The van der Waals surface area contributed by atoms with Crippen molar-refractivity contribution in [2.45, 2.75) is 20.4 Å². The van der Waals surface area contributed by atoms with Crippen LogP contribution in [-0.4, -0.2) is 37.9 Å². The van der Waals surface area contributed by atoms with E-state index in [-0.39, 0.29) is 17.3 Å². The maximum Gasteiger partial charge on any atom is 0.358 e. The first-order valence-electron chi connectivity index (χ1n) is 9.77. The van der Waals surface area contributed by atoms with Crippen molar-refractivity contribution in [1.82, 2.24) is 19.5 Å². The van der Waals surface area contributed by atoms with Crippen LogP contribution in [0.4, 0.5) is 4.39 Å². The molecule has 0 N–H and O–H groups in total. The van der Waals surface area contributed by atoms with Gasteiger partial charge in [-0.2, -0.15) is 0 Å². The summed E-state index contributed by atoms with van der Waals surface area (Å²) < 4.78 is 20.3. The van der Waals surface area contributed by atoms with Gasteiger partial charge in [-0.15, -0.1) is 11.3 Å². The van der Waals surface area contributed by atoms with Crippen molar-refractivity contribution in [3.05, 3.63) is 88.2 Å². The lowest BCUT2D eigenvalue weighted by molar-refractivity contribution is 0.0469. The van der Waals surface area contributed by atoms with Gasteiger partial charge in [0, 0.05) is 41.3 Å². The Morgan fingerprint density at radius 2 is 1.84 bits per heavy atom. The van der Waals surface area contributed by atoms with Crippen LogP contribution in [0.15, 0.2) is 54.2 Å². The highest BCUT2D eigenvalue weighted by atomic mass is 32.1. The Labute approximate surface area is 187 Å². The van der Waals surface area contributed by atoms with Crippen LogP contribution in [0.3, 0.4) is 0 Å². The Morgan fingerprint density at radius 1 is 1.12 bits per heavy atom. The van der Waals surface area contributed by atoms with Crippen molar-refractivity contribution in [3.8, 4) is 10.8 Å². The fourth-order valence-corrected chi connectivity index (χ4v) is 4.00. The summed E-state index contributed by atoms with van der Waals surface area (Å²) in [5.41, 5.74) is 3.14. The molecule has 4 rings (SSSR count). The van der Waals surface area contributed by atoms with Crippen LogP contribution in [0.5, 0.6) is 0 Å². The molecule has 0 bridgehead atoms. The van der Waals surface area contributed by atoms with Gasteiger partial charge in [0.2, 0.25) is 5.78 Å². The van der Waals surface area contributed by atoms with Crippen LogP contribution >= 0.6 is 11.3 Å². The SMILES string of the molecule is Cc1cc(C(=O)COC(=O)c2csc(-c3ncccn3)n2)c(C)n1Cc1ccc(F)cc1. The van der Waals surface area contributed by atoms with Crippen molar-refractivity contribution in [2.24, 2.45) is 0 Å². The highest BCUT2D eigenvalue weighted by Crippen LogP contribution is 2.21. The molecule has 0 unspecified atom stereocenters. The molecule has 7 nitrogen and oxygen atoms in total. The molecule has 9 heteroatoms. The number of thiazole rings is 1. The van der Waals surface area contributed by atoms with E-state index in [0.717, 1.165) is 17.0 Å². The Bertz CT molecular complexity index is 1270. The molecule has 0 atom stereocenters. The monoisotopic (exact) mass is 450 g/mol. The van der Waals surface area contributed by atoms with Crippen LogP contribution in [0.2, 0.25) is 0 Å². The first kappa shape index (κ1) is 21.5. The van der Waals surface area contributed by atoms with Crippen molar-refractivity contribution in [2.75, 3.05) is 6.61 Å². The number of nitrogens with zero attached hydrogens (tertiary/aromatic N) is 4. The van der Waals surface area contributed by atoms with E-state index in [0.29, 0.717) is 22.9 Å². The number of Topliss-reactive ketones (excluding diaryl/α,β-unsaturated/α-hetero) is 1. The molecule has 32 heavy (non-hydrogen) atoms. The predicted molar refractivity (Wildman–Crippen MR) is 117 cm³/mol. The number of ether oxygens (including phenoxy) is 1. The summed E-state index contributed by atoms with van der Waals surface area (Å²) in [5, 5.41) is 2.04. The second kappa shape index (κ2) is 9.19. The largest absolute Gasteiger partial charge is 0.453 e. The molecule has 3 aromatic heterocycles. The van der Waals surface area contributed by atoms with Crippen LogP contribution in [0, 0.1) is 19.7 Å². The highest BCUT2D eigenvalue weighted by molar-refractivity contribution is 7.13. The van der Waals surface area contributed by atoms with E-state index in [2.05, 4.69) is 15.0 Å². The molecule has 3 heterocycles. The number of benzene rings is 1. The summed E-state index contributed by atoms with van der Waals surface area (Å²) in [6.45, 7) is 3.84. The molecule has 0 saturated carbocycles. The minimum atomic E-state index is -0.683. The molecule has 0 aliphatic heterocycles. The second-order valence-electron chi connectivity index (χ2n) is 7.11. The van der Waals surface area contributed by atoms with E-state index < -0.39 is 12.6 Å². The number of carbonyl (C=O) groups is 2. The lowest BCUT2D eigenvalue weighted by Crippen LogP contribution is -2.15. The van der Waals surface area contributed by atoms with E-state index in [1.807, 2.05) is 18.4 Å². The Morgan fingerprint density at radius 3 is 2.56 bits per heavy atom. The lowest BCUT2D eigenvalue weighted by atomic mass is 10.1. The van der Waals surface area contributed by atoms with Crippen molar-refractivity contribution >= 4 is 23.1 Å². The van der Waals surface area contributed by atoms with E-state index in [4.69, 9.17) is 4.74 Å². The number of aryl methyl sites for hydroxylation is 1. The summed E-state index contributed by atoms with van der Waals surface area (Å²) in [6.07, 6.45) is 3.18. The van der Waals surface area contributed by atoms with Crippen molar-refractivity contribution < 1.29 is 18.7 Å². The number of hydrogen-bond acceptors (Lipinski definition) is 7. The molecule has 1 aromatic carbocycles. The molecule has 0 aliphatic rings. The highest BCUT2D eigenvalue weighted by Gasteiger charge is 2.20. The zero-order valence-corrected chi connectivity index (χ0v) is 18.2. The standard InChI is InChI=1S/C23H19FN4O3S/c1-14-10-18(15(2)28(14)11-16-4-6-17(24)7-5-16)20(29)12-31-23(30)19-13-32-22(27-19)21-25-8-3-9-26-21/h3-10,13H,11-12H2,1-2H3.